The Morgan fingerprint density at radius 2 is 2.07 bits per heavy atom. The summed E-state index contributed by atoms with van der Waals surface area (Å²) >= 11 is 4.90. The molecule has 0 unspecified atom stereocenters. The summed E-state index contributed by atoms with van der Waals surface area (Å²) in [4.78, 5) is 9.03. The second-order valence-electron chi connectivity index (χ2n) is 2.47. The van der Waals surface area contributed by atoms with E-state index in [0.29, 0.717) is 11.4 Å². The number of halogens is 1. The topological polar surface area (TPSA) is 49.6 Å². The fraction of sp³-hybridized carbons (Fsp3) is 0. The van der Waals surface area contributed by atoms with E-state index in [1.54, 1.807) is 6.20 Å². The lowest BCUT2D eigenvalue weighted by Gasteiger charge is -1.96. The summed E-state index contributed by atoms with van der Waals surface area (Å²) in [6, 6.07) is 5.86. The van der Waals surface area contributed by atoms with Crippen molar-refractivity contribution in [1.82, 2.24) is 9.97 Å². The van der Waals surface area contributed by atoms with Crippen molar-refractivity contribution in [2.75, 3.05) is 0 Å². The lowest BCUT2D eigenvalue weighted by atomic mass is 10.3. The summed E-state index contributed by atoms with van der Waals surface area (Å²) in [5.41, 5.74) is 1.01. The van der Waals surface area contributed by atoms with Crippen LogP contribution in [0.3, 0.4) is 0 Å². The van der Waals surface area contributed by atoms with E-state index in [2.05, 4.69) is 25.9 Å². The number of hydrogen-bond donors (Lipinski definition) is 0. The molecule has 0 amide bonds. The van der Waals surface area contributed by atoms with Crippen molar-refractivity contribution in [3.63, 3.8) is 0 Å². The van der Waals surface area contributed by atoms with Crippen LogP contribution in [0.15, 0.2) is 28.3 Å². The Bertz CT molecular complexity index is 501. The fourth-order valence-electron chi connectivity index (χ4n) is 1.04. The first-order chi connectivity index (χ1) is 6.81. The molecule has 0 aliphatic heterocycles. The Hall–Kier alpha value is -1.25. The van der Waals surface area contributed by atoms with E-state index in [4.69, 9.17) is 5.26 Å². The van der Waals surface area contributed by atoms with Crippen molar-refractivity contribution in [2.24, 2.45) is 0 Å². The predicted molar refractivity (Wildman–Crippen MR) is 57.8 cm³/mol. The van der Waals surface area contributed by atoms with Gasteiger partial charge in [-0.25, -0.2) is 4.98 Å². The molecule has 2 heterocycles. The molecule has 2 aromatic heterocycles. The molecule has 0 aliphatic rings. The third-order valence-corrected chi connectivity index (χ3v) is 3.24. The second kappa shape index (κ2) is 3.86. The molecule has 5 heteroatoms. The maximum Gasteiger partial charge on any atom is 0.167 e. The monoisotopic (exact) mass is 265 g/mol. The Morgan fingerprint density at radius 1 is 1.29 bits per heavy atom. The van der Waals surface area contributed by atoms with Gasteiger partial charge in [0.1, 0.15) is 11.8 Å². The van der Waals surface area contributed by atoms with Gasteiger partial charge in [0.25, 0.3) is 0 Å². The summed E-state index contributed by atoms with van der Waals surface area (Å²) in [6.07, 6.45) is 3.11. The van der Waals surface area contributed by atoms with E-state index >= 15 is 0 Å². The Kier molecular flexibility index (Phi) is 2.57. The fourth-order valence-corrected chi connectivity index (χ4v) is 2.43. The molecule has 0 radical (unpaired) electrons. The molecule has 0 spiro atoms. The largest absolute Gasteiger partial charge is 0.251 e. The van der Waals surface area contributed by atoms with Gasteiger partial charge in [0.05, 0.1) is 8.66 Å². The van der Waals surface area contributed by atoms with E-state index in [-0.39, 0.29) is 0 Å². The third-order valence-electron chi connectivity index (χ3n) is 1.61. The van der Waals surface area contributed by atoms with Crippen LogP contribution in [0.5, 0.6) is 0 Å². The van der Waals surface area contributed by atoms with Gasteiger partial charge in [-0.15, -0.1) is 11.3 Å². The minimum atomic E-state index is 0.363. The molecule has 0 aliphatic carbocycles. The van der Waals surface area contributed by atoms with E-state index in [1.807, 2.05) is 18.2 Å². The number of hydrogen-bond acceptors (Lipinski definition) is 4. The van der Waals surface area contributed by atoms with Gasteiger partial charge in [-0.3, -0.25) is 4.98 Å². The highest BCUT2D eigenvalue weighted by Gasteiger charge is 2.08. The van der Waals surface area contributed by atoms with Crippen molar-refractivity contribution >= 4 is 27.3 Å². The molecule has 2 rings (SSSR count). The standard InChI is InChI=1S/C9H4BrN3S/c10-8-2-1-7(14-8)9-6(5-11)12-3-4-13-9/h1-4H. The number of nitriles is 1. The van der Waals surface area contributed by atoms with Crippen LogP contribution in [0, 0.1) is 11.3 Å². The van der Waals surface area contributed by atoms with Crippen LogP contribution in [0.25, 0.3) is 10.6 Å². The highest BCUT2D eigenvalue weighted by Crippen LogP contribution is 2.30. The Morgan fingerprint density at radius 3 is 2.71 bits per heavy atom. The van der Waals surface area contributed by atoms with Crippen LogP contribution in [-0.2, 0) is 0 Å². The summed E-state index contributed by atoms with van der Waals surface area (Å²) in [6.45, 7) is 0. The zero-order chi connectivity index (χ0) is 9.97. The second-order valence-corrected chi connectivity index (χ2v) is 4.93. The third kappa shape index (κ3) is 1.67. The SMILES string of the molecule is N#Cc1nccnc1-c1ccc(Br)s1. The molecule has 0 atom stereocenters. The average molecular weight is 266 g/mol. The molecule has 3 nitrogen and oxygen atoms in total. The van der Waals surface area contributed by atoms with E-state index in [0.717, 1.165) is 8.66 Å². The zero-order valence-electron chi connectivity index (χ0n) is 6.94. The van der Waals surface area contributed by atoms with Gasteiger partial charge in [0.15, 0.2) is 5.69 Å². The van der Waals surface area contributed by atoms with Crippen molar-refractivity contribution in [3.05, 3.63) is 34.0 Å². The van der Waals surface area contributed by atoms with Crippen LogP contribution in [0.4, 0.5) is 0 Å². The van der Waals surface area contributed by atoms with Gasteiger partial charge in [0, 0.05) is 12.4 Å². The van der Waals surface area contributed by atoms with E-state index < -0.39 is 0 Å². The van der Waals surface area contributed by atoms with Crippen molar-refractivity contribution in [2.45, 2.75) is 0 Å². The molecule has 0 fully saturated rings. The van der Waals surface area contributed by atoms with Crippen molar-refractivity contribution in [1.29, 1.82) is 5.26 Å². The molecule has 2 aromatic rings. The molecule has 0 saturated carbocycles. The first-order valence-corrected chi connectivity index (χ1v) is 5.39. The highest BCUT2D eigenvalue weighted by atomic mass is 79.9. The molecular formula is C9H4BrN3S. The van der Waals surface area contributed by atoms with Gasteiger partial charge in [-0.05, 0) is 28.1 Å². The van der Waals surface area contributed by atoms with Crippen LogP contribution in [0.2, 0.25) is 0 Å². The van der Waals surface area contributed by atoms with Gasteiger partial charge in [-0.2, -0.15) is 5.26 Å². The summed E-state index contributed by atoms with van der Waals surface area (Å²) in [7, 11) is 0. The molecule has 0 bridgehead atoms. The molecule has 0 aromatic carbocycles. The van der Waals surface area contributed by atoms with Crippen molar-refractivity contribution in [3.8, 4) is 16.6 Å². The zero-order valence-corrected chi connectivity index (χ0v) is 9.34. The smallest absolute Gasteiger partial charge is 0.167 e. The van der Waals surface area contributed by atoms with Gasteiger partial charge in [0.2, 0.25) is 0 Å². The average Bonchev–Trinajstić information content (AvgIpc) is 2.65. The van der Waals surface area contributed by atoms with Gasteiger partial charge < -0.3 is 0 Å². The van der Waals surface area contributed by atoms with Crippen molar-refractivity contribution < 1.29 is 0 Å². The minimum Gasteiger partial charge on any atom is -0.251 e. The quantitative estimate of drug-likeness (QED) is 0.797. The van der Waals surface area contributed by atoms with Crippen LogP contribution >= 0.6 is 27.3 Å². The van der Waals surface area contributed by atoms with E-state index in [1.165, 1.54) is 17.5 Å². The first kappa shape index (κ1) is 9.31. The normalized spacial score (nSPS) is 9.71. The number of rotatable bonds is 1. The van der Waals surface area contributed by atoms with Gasteiger partial charge in [-0.1, -0.05) is 0 Å². The Balaban J connectivity index is 2.57. The minimum absolute atomic E-state index is 0.363. The molecule has 0 N–H and O–H groups in total. The predicted octanol–water partition coefficient (Wildman–Crippen LogP) is 2.84. The molecule has 0 saturated heterocycles. The van der Waals surface area contributed by atoms with E-state index in [9.17, 15) is 0 Å². The Labute approximate surface area is 93.2 Å². The number of thiophene rings is 1. The van der Waals surface area contributed by atoms with Gasteiger partial charge >= 0.3 is 0 Å². The highest BCUT2D eigenvalue weighted by molar-refractivity contribution is 9.11. The molecular weight excluding hydrogens is 262 g/mol. The maximum absolute atomic E-state index is 8.83. The lowest BCUT2D eigenvalue weighted by molar-refractivity contribution is 1.17. The summed E-state index contributed by atoms with van der Waals surface area (Å²) in [5.74, 6) is 0. The molecule has 14 heavy (non-hydrogen) atoms. The summed E-state index contributed by atoms with van der Waals surface area (Å²) < 4.78 is 1.02. The van der Waals surface area contributed by atoms with Crippen LogP contribution in [-0.4, -0.2) is 9.97 Å². The lowest BCUT2D eigenvalue weighted by Crippen LogP contribution is -1.89. The summed E-state index contributed by atoms with van der Waals surface area (Å²) in [5, 5.41) is 8.83. The number of aromatic nitrogens is 2. The van der Waals surface area contributed by atoms with Crippen LogP contribution < -0.4 is 0 Å². The first-order valence-electron chi connectivity index (χ1n) is 3.78. The number of nitrogens with zero attached hydrogens (tertiary/aromatic N) is 3. The van der Waals surface area contributed by atoms with Crippen LogP contribution in [0.1, 0.15) is 5.69 Å². The molecule has 68 valence electrons. The maximum atomic E-state index is 8.83.